The van der Waals surface area contributed by atoms with Crippen LogP contribution in [0.2, 0.25) is 0 Å². The Hall–Kier alpha value is -2.71. The zero-order valence-electron chi connectivity index (χ0n) is 12.6. The number of nitro groups is 1. The molecule has 2 aromatic rings. The number of aromatic nitrogens is 2. The molecule has 1 fully saturated rings. The van der Waals surface area contributed by atoms with E-state index in [0.717, 1.165) is 19.4 Å². The van der Waals surface area contributed by atoms with Crippen LogP contribution >= 0.6 is 0 Å². The second kappa shape index (κ2) is 6.81. The van der Waals surface area contributed by atoms with E-state index in [1.54, 1.807) is 12.5 Å². The quantitative estimate of drug-likeness (QED) is 0.619. The van der Waals surface area contributed by atoms with Crippen molar-refractivity contribution in [1.82, 2.24) is 9.55 Å². The van der Waals surface area contributed by atoms with E-state index in [9.17, 15) is 18.9 Å². The highest BCUT2D eigenvalue weighted by atomic mass is 19.3. The SMILES string of the molecule is O=[N+]([O-])c1ccc(NC2CC(Cn3ccnc3)C2)cc1OC(F)F. The fraction of sp³-hybridized carbons (Fsp3) is 0.400. The number of hydrogen-bond donors (Lipinski definition) is 1. The Labute approximate surface area is 136 Å². The summed E-state index contributed by atoms with van der Waals surface area (Å²) >= 11 is 0. The number of alkyl halides is 2. The molecule has 1 heterocycles. The molecule has 1 aromatic carbocycles. The van der Waals surface area contributed by atoms with Crippen LogP contribution in [0.4, 0.5) is 20.2 Å². The summed E-state index contributed by atoms with van der Waals surface area (Å²) in [7, 11) is 0. The fourth-order valence-corrected chi connectivity index (χ4v) is 2.88. The predicted molar refractivity (Wildman–Crippen MR) is 82.1 cm³/mol. The number of ether oxygens (including phenoxy) is 1. The number of nitrogens with zero attached hydrogens (tertiary/aromatic N) is 3. The number of nitrogens with one attached hydrogen (secondary N) is 1. The van der Waals surface area contributed by atoms with Crippen LogP contribution in [0.25, 0.3) is 0 Å². The number of benzene rings is 1. The maximum absolute atomic E-state index is 12.4. The summed E-state index contributed by atoms with van der Waals surface area (Å²) < 4.78 is 31.1. The van der Waals surface area contributed by atoms with Crippen LogP contribution in [0.3, 0.4) is 0 Å². The van der Waals surface area contributed by atoms with Crippen molar-refractivity contribution >= 4 is 11.4 Å². The molecule has 24 heavy (non-hydrogen) atoms. The number of rotatable bonds is 7. The maximum atomic E-state index is 12.4. The summed E-state index contributed by atoms with van der Waals surface area (Å²) in [4.78, 5) is 14.1. The molecular formula is C15H16F2N4O3. The van der Waals surface area contributed by atoms with Crippen molar-refractivity contribution in [2.45, 2.75) is 32.0 Å². The zero-order chi connectivity index (χ0) is 17.1. The van der Waals surface area contributed by atoms with Crippen LogP contribution in [0.5, 0.6) is 5.75 Å². The minimum atomic E-state index is -3.11. The first-order valence-corrected chi connectivity index (χ1v) is 7.47. The number of hydrogen-bond acceptors (Lipinski definition) is 5. The molecule has 0 unspecified atom stereocenters. The van der Waals surface area contributed by atoms with Gasteiger partial charge in [-0.3, -0.25) is 10.1 Å². The van der Waals surface area contributed by atoms with E-state index in [2.05, 4.69) is 15.0 Å². The molecule has 7 nitrogen and oxygen atoms in total. The van der Waals surface area contributed by atoms with Gasteiger partial charge in [-0.25, -0.2) is 4.98 Å². The van der Waals surface area contributed by atoms with Gasteiger partial charge in [0.15, 0.2) is 0 Å². The third kappa shape index (κ3) is 3.79. The van der Waals surface area contributed by atoms with Crippen LogP contribution in [-0.2, 0) is 6.54 Å². The van der Waals surface area contributed by atoms with Gasteiger partial charge in [0, 0.05) is 42.8 Å². The summed E-state index contributed by atoms with van der Waals surface area (Å²) in [5.74, 6) is 0.0841. The van der Waals surface area contributed by atoms with Gasteiger partial charge in [0.05, 0.1) is 11.3 Å². The lowest BCUT2D eigenvalue weighted by Gasteiger charge is -2.36. The highest BCUT2D eigenvalue weighted by Crippen LogP contribution is 2.35. The van der Waals surface area contributed by atoms with E-state index in [1.165, 1.54) is 18.2 Å². The van der Waals surface area contributed by atoms with Crippen molar-refractivity contribution < 1.29 is 18.4 Å². The molecule has 0 atom stereocenters. The third-order valence-electron chi connectivity index (χ3n) is 4.01. The monoisotopic (exact) mass is 338 g/mol. The Morgan fingerprint density at radius 1 is 1.46 bits per heavy atom. The smallest absolute Gasteiger partial charge is 0.387 e. The van der Waals surface area contributed by atoms with Gasteiger partial charge in [0.25, 0.3) is 0 Å². The minimum absolute atomic E-state index is 0.208. The zero-order valence-corrected chi connectivity index (χ0v) is 12.6. The van der Waals surface area contributed by atoms with E-state index in [4.69, 9.17) is 0 Å². The summed E-state index contributed by atoms with van der Waals surface area (Å²) in [5, 5.41) is 14.0. The average Bonchev–Trinajstić information content (AvgIpc) is 2.97. The van der Waals surface area contributed by atoms with E-state index < -0.39 is 23.0 Å². The van der Waals surface area contributed by atoms with Gasteiger partial charge in [-0.05, 0) is 24.8 Å². The van der Waals surface area contributed by atoms with E-state index in [1.807, 2.05) is 10.8 Å². The highest BCUT2D eigenvalue weighted by Gasteiger charge is 2.29. The van der Waals surface area contributed by atoms with Crippen LogP contribution in [0.1, 0.15) is 12.8 Å². The molecule has 1 aliphatic rings. The lowest BCUT2D eigenvalue weighted by atomic mass is 9.80. The first-order chi connectivity index (χ1) is 11.5. The van der Waals surface area contributed by atoms with Gasteiger partial charge < -0.3 is 14.6 Å². The summed E-state index contributed by atoms with van der Waals surface area (Å²) in [6, 6.07) is 4.12. The Bertz CT molecular complexity index is 703. The van der Waals surface area contributed by atoms with Crippen LogP contribution in [0, 0.1) is 16.0 Å². The standard InChI is InChI=1S/C15H16F2N4O3/c16-15(17)24-14-7-11(1-2-13(14)21(22)23)19-12-5-10(6-12)8-20-4-3-18-9-20/h1-4,7,9-10,12,15,19H,5-6,8H2. The molecule has 0 aliphatic heterocycles. The first-order valence-electron chi connectivity index (χ1n) is 7.47. The van der Waals surface area contributed by atoms with Gasteiger partial charge in [-0.1, -0.05) is 0 Å². The molecule has 1 aliphatic carbocycles. The second-order valence-corrected chi connectivity index (χ2v) is 5.76. The molecular weight excluding hydrogens is 322 g/mol. The molecule has 0 radical (unpaired) electrons. The molecule has 0 saturated heterocycles. The van der Waals surface area contributed by atoms with Crippen molar-refractivity contribution in [1.29, 1.82) is 0 Å². The summed E-state index contributed by atoms with van der Waals surface area (Å²) in [6.45, 7) is -2.22. The molecule has 1 saturated carbocycles. The predicted octanol–water partition coefficient (Wildman–Crippen LogP) is 3.28. The fourth-order valence-electron chi connectivity index (χ4n) is 2.88. The molecule has 1 aromatic heterocycles. The Balaban J connectivity index is 1.58. The van der Waals surface area contributed by atoms with Crippen molar-refractivity contribution in [3.63, 3.8) is 0 Å². The molecule has 3 rings (SSSR count). The summed E-state index contributed by atoms with van der Waals surface area (Å²) in [5.41, 5.74) is 0.0507. The number of halogens is 2. The van der Waals surface area contributed by atoms with E-state index in [0.29, 0.717) is 11.6 Å². The molecule has 9 heteroatoms. The molecule has 1 N–H and O–H groups in total. The van der Waals surface area contributed by atoms with E-state index in [-0.39, 0.29) is 6.04 Å². The molecule has 128 valence electrons. The van der Waals surface area contributed by atoms with Crippen molar-refractivity contribution in [3.8, 4) is 5.75 Å². The Morgan fingerprint density at radius 3 is 2.88 bits per heavy atom. The highest BCUT2D eigenvalue weighted by molar-refractivity contribution is 5.58. The average molecular weight is 338 g/mol. The molecule has 0 bridgehead atoms. The van der Waals surface area contributed by atoms with Gasteiger partial charge in [0.2, 0.25) is 5.75 Å². The van der Waals surface area contributed by atoms with Gasteiger partial charge in [-0.2, -0.15) is 8.78 Å². The summed E-state index contributed by atoms with van der Waals surface area (Å²) in [6.07, 6.45) is 7.27. The molecule has 0 spiro atoms. The van der Waals surface area contributed by atoms with Crippen molar-refractivity contribution in [2.24, 2.45) is 5.92 Å². The van der Waals surface area contributed by atoms with Crippen LogP contribution < -0.4 is 10.1 Å². The Kier molecular flexibility index (Phi) is 4.59. The van der Waals surface area contributed by atoms with Crippen molar-refractivity contribution in [2.75, 3.05) is 5.32 Å². The number of anilines is 1. The first kappa shape index (κ1) is 16.2. The maximum Gasteiger partial charge on any atom is 0.387 e. The normalized spacial score (nSPS) is 19.8. The second-order valence-electron chi connectivity index (χ2n) is 5.76. The van der Waals surface area contributed by atoms with Gasteiger partial charge in [-0.15, -0.1) is 0 Å². The topological polar surface area (TPSA) is 82.2 Å². The number of imidazole rings is 1. The van der Waals surface area contributed by atoms with E-state index >= 15 is 0 Å². The Morgan fingerprint density at radius 2 is 2.25 bits per heavy atom. The number of nitro benzene ring substituents is 1. The van der Waals surface area contributed by atoms with Crippen LogP contribution in [0.15, 0.2) is 36.9 Å². The minimum Gasteiger partial charge on any atom is -0.427 e. The van der Waals surface area contributed by atoms with Crippen molar-refractivity contribution in [3.05, 3.63) is 47.0 Å². The third-order valence-corrected chi connectivity index (χ3v) is 4.01. The van der Waals surface area contributed by atoms with Crippen LogP contribution in [-0.4, -0.2) is 27.1 Å². The van der Waals surface area contributed by atoms with Gasteiger partial charge in [0.1, 0.15) is 0 Å². The largest absolute Gasteiger partial charge is 0.427 e. The lowest BCUT2D eigenvalue weighted by molar-refractivity contribution is -0.386. The van der Waals surface area contributed by atoms with Gasteiger partial charge >= 0.3 is 12.3 Å². The molecule has 0 amide bonds. The lowest BCUT2D eigenvalue weighted by Crippen LogP contribution is -2.37.